The Morgan fingerprint density at radius 3 is 2.60 bits per heavy atom. The third kappa shape index (κ3) is 6.08. The summed E-state index contributed by atoms with van der Waals surface area (Å²) < 4.78 is 7.72. The Bertz CT molecular complexity index is 975. The maximum absolute atomic E-state index is 13.5. The fourth-order valence-electron chi connectivity index (χ4n) is 6.32. The molecular weight excluding hydrogens is 444 g/mol. The van der Waals surface area contributed by atoms with E-state index in [9.17, 15) is 9.90 Å². The van der Waals surface area contributed by atoms with E-state index in [1.807, 2.05) is 40.0 Å². The van der Waals surface area contributed by atoms with Crippen LogP contribution in [0.25, 0.3) is 6.20 Å². The molecule has 8 heteroatoms. The van der Waals surface area contributed by atoms with E-state index >= 15 is 0 Å². The highest BCUT2D eigenvalue weighted by atomic mass is 16.6. The molecule has 0 saturated heterocycles. The highest BCUT2D eigenvalue weighted by Crippen LogP contribution is 2.57. The maximum Gasteiger partial charge on any atom is 0.258 e. The van der Waals surface area contributed by atoms with Gasteiger partial charge in [0, 0.05) is 17.2 Å². The molecule has 4 fully saturated rings. The first-order valence-corrected chi connectivity index (χ1v) is 13.0. The predicted molar refractivity (Wildman–Crippen MR) is 136 cm³/mol. The van der Waals surface area contributed by atoms with E-state index in [0.717, 1.165) is 31.4 Å². The molecule has 0 spiro atoms. The molecule has 0 aliphatic heterocycles. The van der Waals surface area contributed by atoms with Crippen LogP contribution in [0.4, 0.5) is 0 Å². The van der Waals surface area contributed by atoms with Gasteiger partial charge in [-0.3, -0.25) is 4.79 Å². The summed E-state index contributed by atoms with van der Waals surface area (Å²) in [5.74, 6) is 1.55. The second-order valence-electron chi connectivity index (χ2n) is 12.5. The minimum Gasteiger partial charge on any atom is -0.477 e. The molecule has 4 bridgehead atoms. The van der Waals surface area contributed by atoms with Crippen molar-refractivity contribution in [2.45, 2.75) is 91.2 Å². The monoisotopic (exact) mass is 486 g/mol. The third-order valence-corrected chi connectivity index (χ3v) is 7.31. The van der Waals surface area contributed by atoms with Crippen LogP contribution in [0.5, 0.6) is 5.88 Å². The molecule has 2 N–H and O–H groups in total. The van der Waals surface area contributed by atoms with E-state index < -0.39 is 5.60 Å². The molecule has 5 rings (SSSR count). The Morgan fingerprint density at radius 1 is 1.31 bits per heavy atom. The van der Waals surface area contributed by atoms with E-state index in [-0.39, 0.29) is 16.9 Å². The molecule has 1 heterocycles. The molecule has 35 heavy (non-hydrogen) atoms. The molecule has 194 valence electrons. The van der Waals surface area contributed by atoms with Crippen molar-refractivity contribution in [3.05, 3.63) is 17.8 Å². The van der Waals surface area contributed by atoms with Crippen LogP contribution < -0.4 is 10.1 Å². The quantitative estimate of drug-likeness (QED) is 0.371. The van der Waals surface area contributed by atoms with Crippen molar-refractivity contribution in [1.29, 1.82) is 0 Å². The zero-order valence-electron chi connectivity index (χ0n) is 22.1. The number of ether oxygens (including phenoxy) is 1. The van der Waals surface area contributed by atoms with Crippen LogP contribution in [0.2, 0.25) is 0 Å². The number of hydrogen-bond acceptors (Lipinski definition) is 6. The fraction of sp³-hybridized carbons (Fsp3) is 0.741. The number of rotatable bonds is 10. The van der Waals surface area contributed by atoms with E-state index in [0.29, 0.717) is 48.8 Å². The first kappa shape index (κ1) is 25.7. The second kappa shape index (κ2) is 9.60. The number of amides is 1. The van der Waals surface area contributed by atoms with E-state index in [4.69, 9.17) is 9.57 Å². The molecule has 0 radical (unpaired) electrons. The summed E-state index contributed by atoms with van der Waals surface area (Å²) in [5, 5.41) is 22.9. The zero-order valence-corrected chi connectivity index (χ0v) is 22.1. The lowest BCUT2D eigenvalue weighted by molar-refractivity contribution is -0.139. The molecule has 4 aliphatic carbocycles. The van der Waals surface area contributed by atoms with Crippen molar-refractivity contribution in [3.8, 4) is 5.88 Å². The van der Waals surface area contributed by atoms with Gasteiger partial charge in [0.1, 0.15) is 12.2 Å². The SMILES string of the molecule is CC(C)=NOCC(C)(C)/C=C/n1ncc(C(=O)N[C@]23CC4CC(C[C@@](O)(C4)C2)C3)c1OCC(C)C. The summed E-state index contributed by atoms with van der Waals surface area (Å²) in [6.07, 6.45) is 10.8. The lowest BCUT2D eigenvalue weighted by Gasteiger charge is -2.60. The molecule has 0 aromatic carbocycles. The second-order valence-corrected chi connectivity index (χ2v) is 12.5. The Morgan fingerprint density at radius 2 is 2.00 bits per heavy atom. The van der Waals surface area contributed by atoms with Gasteiger partial charge in [-0.2, -0.15) is 5.10 Å². The van der Waals surface area contributed by atoms with E-state index in [1.54, 1.807) is 10.9 Å². The van der Waals surface area contributed by atoms with Crippen molar-refractivity contribution in [1.82, 2.24) is 15.1 Å². The highest BCUT2D eigenvalue weighted by molar-refractivity contribution is 5.97. The normalized spacial score (nSPS) is 29.6. The lowest BCUT2D eigenvalue weighted by atomic mass is 9.51. The number of nitrogens with zero attached hydrogens (tertiary/aromatic N) is 3. The van der Waals surface area contributed by atoms with Crippen LogP contribution in [0.3, 0.4) is 0 Å². The third-order valence-electron chi connectivity index (χ3n) is 7.31. The number of carbonyl (C=O) groups is 1. The van der Waals surface area contributed by atoms with Crippen molar-refractivity contribution < 1.29 is 19.5 Å². The van der Waals surface area contributed by atoms with Crippen LogP contribution in [-0.2, 0) is 4.84 Å². The van der Waals surface area contributed by atoms with Gasteiger partial charge in [-0.1, -0.05) is 38.9 Å². The molecule has 4 saturated carbocycles. The molecule has 8 nitrogen and oxygen atoms in total. The topological polar surface area (TPSA) is 98.0 Å². The molecule has 2 unspecified atom stereocenters. The molecule has 4 aliphatic rings. The summed E-state index contributed by atoms with van der Waals surface area (Å²) in [6.45, 7) is 12.9. The standard InChI is InChI=1S/C27H42N4O4/c1-18(2)15-34-24-22(14-28-31(24)8-7-25(5,6)17-35-30-19(3)4)23(32)29-26-10-20-9-21(11-26)13-27(33,12-20)16-26/h7-8,14,18,20-21,33H,9-13,15-17H2,1-6H3,(H,29,32)/b8-7+/t20?,21?,26-,27-. The highest BCUT2D eigenvalue weighted by Gasteiger charge is 2.57. The van der Waals surface area contributed by atoms with Gasteiger partial charge in [-0.05, 0) is 70.1 Å². The van der Waals surface area contributed by atoms with Gasteiger partial charge in [0.15, 0.2) is 0 Å². The number of nitrogens with one attached hydrogen (secondary N) is 1. The summed E-state index contributed by atoms with van der Waals surface area (Å²) in [7, 11) is 0. The smallest absolute Gasteiger partial charge is 0.258 e. The lowest BCUT2D eigenvalue weighted by Crippen LogP contribution is -2.65. The number of hydrogen-bond donors (Lipinski definition) is 2. The molecule has 2 atom stereocenters. The first-order valence-electron chi connectivity index (χ1n) is 13.0. The number of aliphatic hydroxyl groups is 1. The molecular formula is C27H42N4O4. The number of carbonyl (C=O) groups excluding carboxylic acids is 1. The summed E-state index contributed by atoms with van der Waals surface area (Å²) >= 11 is 0. The number of aromatic nitrogens is 2. The molecule has 1 aromatic heterocycles. The molecule has 1 amide bonds. The minimum atomic E-state index is -0.630. The maximum atomic E-state index is 13.5. The summed E-state index contributed by atoms with van der Waals surface area (Å²) in [4.78, 5) is 19.0. The Balaban J connectivity index is 1.52. The van der Waals surface area contributed by atoms with E-state index in [1.165, 1.54) is 6.42 Å². The van der Waals surface area contributed by atoms with Crippen LogP contribution in [0, 0.1) is 23.2 Å². The van der Waals surface area contributed by atoms with Gasteiger partial charge in [0.05, 0.1) is 24.1 Å². The van der Waals surface area contributed by atoms with Gasteiger partial charge in [0.2, 0.25) is 5.88 Å². The van der Waals surface area contributed by atoms with E-state index in [2.05, 4.69) is 29.4 Å². The largest absolute Gasteiger partial charge is 0.477 e. The Hall–Kier alpha value is -2.35. The minimum absolute atomic E-state index is 0.177. The van der Waals surface area contributed by atoms with Gasteiger partial charge in [0.25, 0.3) is 5.91 Å². The van der Waals surface area contributed by atoms with Crippen molar-refractivity contribution in [2.24, 2.45) is 28.3 Å². The van der Waals surface area contributed by atoms with Crippen molar-refractivity contribution >= 4 is 17.8 Å². The van der Waals surface area contributed by atoms with Crippen molar-refractivity contribution in [3.63, 3.8) is 0 Å². The van der Waals surface area contributed by atoms with Crippen LogP contribution >= 0.6 is 0 Å². The van der Waals surface area contributed by atoms with Gasteiger partial charge >= 0.3 is 0 Å². The zero-order chi connectivity index (χ0) is 25.4. The average molecular weight is 487 g/mol. The first-order chi connectivity index (χ1) is 16.4. The van der Waals surface area contributed by atoms with Crippen LogP contribution in [0.15, 0.2) is 17.4 Å². The van der Waals surface area contributed by atoms with Crippen molar-refractivity contribution in [2.75, 3.05) is 13.2 Å². The number of oxime groups is 1. The van der Waals surface area contributed by atoms with Crippen LogP contribution in [0.1, 0.15) is 90.4 Å². The fourth-order valence-corrected chi connectivity index (χ4v) is 6.32. The van der Waals surface area contributed by atoms with Gasteiger partial charge in [-0.25, -0.2) is 4.68 Å². The van der Waals surface area contributed by atoms with Crippen LogP contribution in [-0.4, -0.2) is 50.9 Å². The summed E-state index contributed by atoms with van der Waals surface area (Å²) in [6, 6.07) is 0. The Kier molecular flexibility index (Phi) is 7.06. The van der Waals surface area contributed by atoms with Gasteiger partial charge < -0.3 is 20.0 Å². The summed E-state index contributed by atoms with van der Waals surface area (Å²) in [5.41, 5.74) is 0.0359. The molecule has 1 aromatic rings. The average Bonchev–Trinajstić information content (AvgIpc) is 3.11. The Labute approximate surface area is 209 Å². The van der Waals surface area contributed by atoms with Gasteiger partial charge in [-0.15, -0.1) is 0 Å². The predicted octanol–water partition coefficient (Wildman–Crippen LogP) is 4.64.